The molecule has 2 aromatic rings. The summed E-state index contributed by atoms with van der Waals surface area (Å²) in [5, 5.41) is 3.60. The molecule has 0 atom stereocenters. The monoisotopic (exact) mass is 361 g/mol. The molecule has 0 aliphatic heterocycles. The second kappa shape index (κ2) is 8.77. The molecule has 2 rings (SSSR count). The van der Waals surface area contributed by atoms with Crippen molar-refractivity contribution in [3.63, 3.8) is 0 Å². The lowest BCUT2D eigenvalue weighted by Gasteiger charge is -2.26. The lowest BCUT2D eigenvalue weighted by atomic mass is 9.84. The smallest absolute Gasteiger partial charge is 0.257 e. The van der Waals surface area contributed by atoms with Crippen LogP contribution in [0.3, 0.4) is 0 Å². The molecule has 0 aliphatic carbocycles. The van der Waals surface area contributed by atoms with Gasteiger partial charge in [0.2, 0.25) is 0 Å². The van der Waals surface area contributed by atoms with E-state index in [1.165, 1.54) is 0 Å². The molecule has 4 nitrogen and oxygen atoms in total. The Kier molecular flexibility index (Phi) is 6.71. The average Bonchev–Trinajstić information content (AvgIpc) is 2.59. The number of hydrogen-bond acceptors (Lipinski definition) is 3. The van der Waals surface area contributed by atoms with Gasteiger partial charge in [0.05, 0.1) is 6.61 Å². The average molecular weight is 362 g/mol. The van der Waals surface area contributed by atoms with Crippen molar-refractivity contribution in [2.75, 3.05) is 19.8 Å². The first-order valence-corrected chi connectivity index (χ1v) is 8.67. The molecule has 134 valence electrons. The predicted molar refractivity (Wildman–Crippen MR) is 101 cm³/mol. The molecule has 0 aliphatic rings. The van der Waals surface area contributed by atoms with E-state index in [2.05, 4.69) is 19.2 Å². The number of rotatable bonds is 8. The first kappa shape index (κ1) is 19.1. The van der Waals surface area contributed by atoms with E-state index in [4.69, 9.17) is 21.1 Å². The topological polar surface area (TPSA) is 47.6 Å². The van der Waals surface area contributed by atoms with Gasteiger partial charge in [0.1, 0.15) is 0 Å². The molecular weight excluding hydrogens is 338 g/mol. The van der Waals surface area contributed by atoms with Crippen LogP contribution >= 0.6 is 11.6 Å². The highest BCUT2D eigenvalue weighted by atomic mass is 35.5. The van der Waals surface area contributed by atoms with Gasteiger partial charge in [0.15, 0.2) is 18.1 Å². The number of hydrogen-bond donors (Lipinski definition) is 1. The third-order valence-corrected chi connectivity index (χ3v) is 4.08. The van der Waals surface area contributed by atoms with Gasteiger partial charge in [0, 0.05) is 17.0 Å². The number of nitrogens with one attached hydrogen (secondary N) is 1. The molecule has 0 spiro atoms. The number of para-hydroxylation sites is 2. The number of carbonyl (C=O) groups excluding carboxylic acids is 1. The highest BCUT2D eigenvalue weighted by Gasteiger charge is 2.21. The van der Waals surface area contributed by atoms with E-state index in [0.717, 1.165) is 5.56 Å². The van der Waals surface area contributed by atoms with Crippen LogP contribution in [0.2, 0.25) is 5.02 Å². The minimum atomic E-state index is -0.232. The predicted octanol–water partition coefficient (Wildman–Crippen LogP) is 4.21. The summed E-state index contributed by atoms with van der Waals surface area (Å²) in [5.41, 5.74) is 0.840. The van der Waals surface area contributed by atoms with Crippen LogP contribution in [0.15, 0.2) is 48.5 Å². The SMILES string of the molecule is CCOc1ccccc1OCC(=O)NCC(C)(C)c1cccc(Cl)c1. The Balaban J connectivity index is 1.88. The highest BCUT2D eigenvalue weighted by Crippen LogP contribution is 2.26. The normalized spacial score (nSPS) is 11.0. The van der Waals surface area contributed by atoms with Gasteiger partial charge in [-0.2, -0.15) is 0 Å². The van der Waals surface area contributed by atoms with Crippen molar-refractivity contribution in [3.05, 3.63) is 59.1 Å². The van der Waals surface area contributed by atoms with E-state index in [0.29, 0.717) is 29.7 Å². The molecule has 0 saturated carbocycles. The standard InChI is InChI=1S/C20H24ClNO3/c1-4-24-17-10-5-6-11-18(17)25-13-19(23)22-14-20(2,3)15-8-7-9-16(21)12-15/h5-12H,4,13-14H2,1-3H3,(H,22,23). The van der Waals surface area contributed by atoms with Crippen LogP contribution in [0.1, 0.15) is 26.3 Å². The van der Waals surface area contributed by atoms with Crippen molar-refractivity contribution in [2.45, 2.75) is 26.2 Å². The zero-order valence-corrected chi connectivity index (χ0v) is 15.6. The maximum Gasteiger partial charge on any atom is 0.257 e. The Morgan fingerprint density at radius 1 is 1.08 bits per heavy atom. The number of carbonyl (C=O) groups is 1. The van der Waals surface area contributed by atoms with Crippen LogP contribution in [0.4, 0.5) is 0 Å². The van der Waals surface area contributed by atoms with E-state index in [9.17, 15) is 4.79 Å². The Labute approximate surface area is 154 Å². The van der Waals surface area contributed by atoms with Crippen molar-refractivity contribution >= 4 is 17.5 Å². The van der Waals surface area contributed by atoms with E-state index >= 15 is 0 Å². The number of halogens is 1. The molecule has 1 N–H and O–H groups in total. The third kappa shape index (κ3) is 5.68. The highest BCUT2D eigenvalue weighted by molar-refractivity contribution is 6.30. The molecular formula is C20H24ClNO3. The molecule has 0 unspecified atom stereocenters. The number of amides is 1. The third-order valence-electron chi connectivity index (χ3n) is 3.84. The number of benzene rings is 2. The van der Waals surface area contributed by atoms with Crippen LogP contribution in [0.5, 0.6) is 11.5 Å². The van der Waals surface area contributed by atoms with Crippen molar-refractivity contribution in [1.82, 2.24) is 5.32 Å². The molecule has 0 bridgehead atoms. The van der Waals surface area contributed by atoms with Gasteiger partial charge in [-0.15, -0.1) is 0 Å². The van der Waals surface area contributed by atoms with Gasteiger partial charge < -0.3 is 14.8 Å². The van der Waals surface area contributed by atoms with Crippen LogP contribution in [-0.2, 0) is 10.2 Å². The van der Waals surface area contributed by atoms with E-state index in [1.54, 1.807) is 6.07 Å². The van der Waals surface area contributed by atoms with E-state index in [-0.39, 0.29) is 17.9 Å². The van der Waals surface area contributed by atoms with Crippen molar-refractivity contribution in [3.8, 4) is 11.5 Å². The summed E-state index contributed by atoms with van der Waals surface area (Å²) in [6, 6.07) is 15.0. The fourth-order valence-corrected chi connectivity index (χ4v) is 2.56. The lowest BCUT2D eigenvalue weighted by molar-refractivity contribution is -0.123. The fraction of sp³-hybridized carbons (Fsp3) is 0.350. The summed E-state index contributed by atoms with van der Waals surface area (Å²) >= 11 is 6.05. The van der Waals surface area contributed by atoms with Gasteiger partial charge in [-0.25, -0.2) is 0 Å². The Bertz CT molecular complexity index is 716. The molecule has 0 radical (unpaired) electrons. The molecule has 0 saturated heterocycles. The summed E-state index contributed by atoms with van der Waals surface area (Å²) in [6.07, 6.45) is 0. The maximum atomic E-state index is 12.1. The minimum absolute atomic E-state index is 0.0598. The minimum Gasteiger partial charge on any atom is -0.490 e. The van der Waals surface area contributed by atoms with Crippen LogP contribution in [0.25, 0.3) is 0 Å². The molecule has 0 heterocycles. The zero-order valence-electron chi connectivity index (χ0n) is 14.8. The van der Waals surface area contributed by atoms with Crippen molar-refractivity contribution in [1.29, 1.82) is 0 Å². The quantitative estimate of drug-likeness (QED) is 0.766. The largest absolute Gasteiger partial charge is 0.490 e. The summed E-state index contributed by atoms with van der Waals surface area (Å²) in [6.45, 7) is 6.99. The van der Waals surface area contributed by atoms with Gasteiger partial charge in [-0.3, -0.25) is 4.79 Å². The summed E-state index contributed by atoms with van der Waals surface area (Å²) in [4.78, 5) is 12.1. The van der Waals surface area contributed by atoms with Crippen molar-refractivity contribution in [2.24, 2.45) is 0 Å². The fourth-order valence-electron chi connectivity index (χ4n) is 2.37. The molecule has 5 heteroatoms. The van der Waals surface area contributed by atoms with Crippen LogP contribution in [-0.4, -0.2) is 25.7 Å². The van der Waals surface area contributed by atoms with Crippen molar-refractivity contribution < 1.29 is 14.3 Å². The van der Waals surface area contributed by atoms with Gasteiger partial charge in [-0.1, -0.05) is 49.7 Å². The Hall–Kier alpha value is -2.20. The molecule has 0 fully saturated rings. The zero-order chi connectivity index (χ0) is 18.3. The first-order chi connectivity index (χ1) is 11.9. The lowest BCUT2D eigenvalue weighted by Crippen LogP contribution is -2.38. The first-order valence-electron chi connectivity index (χ1n) is 8.30. The second-order valence-corrected chi connectivity index (χ2v) is 6.78. The second-order valence-electron chi connectivity index (χ2n) is 6.34. The van der Waals surface area contributed by atoms with Gasteiger partial charge >= 0.3 is 0 Å². The number of ether oxygens (including phenoxy) is 2. The molecule has 25 heavy (non-hydrogen) atoms. The molecule has 1 amide bonds. The molecule has 0 aromatic heterocycles. The van der Waals surface area contributed by atoms with E-state index in [1.807, 2.05) is 49.4 Å². The summed E-state index contributed by atoms with van der Waals surface area (Å²) in [5.74, 6) is 1.02. The Morgan fingerprint density at radius 2 is 1.76 bits per heavy atom. The maximum absolute atomic E-state index is 12.1. The Morgan fingerprint density at radius 3 is 2.40 bits per heavy atom. The summed E-state index contributed by atoms with van der Waals surface area (Å²) < 4.78 is 11.1. The van der Waals surface area contributed by atoms with Gasteiger partial charge in [0.25, 0.3) is 5.91 Å². The van der Waals surface area contributed by atoms with Gasteiger partial charge in [-0.05, 0) is 36.8 Å². The van der Waals surface area contributed by atoms with Crippen LogP contribution < -0.4 is 14.8 Å². The van der Waals surface area contributed by atoms with E-state index < -0.39 is 0 Å². The molecule has 2 aromatic carbocycles. The van der Waals surface area contributed by atoms with Crippen LogP contribution in [0, 0.1) is 0 Å². The summed E-state index contributed by atoms with van der Waals surface area (Å²) in [7, 11) is 0.